The molecule has 1 heterocycles. The molecule has 126 valence electrons. The van der Waals surface area contributed by atoms with Crippen LogP contribution in [-0.2, 0) is 11.2 Å². The molecule has 0 aliphatic heterocycles. The molecule has 0 fully saturated rings. The van der Waals surface area contributed by atoms with Crippen LogP contribution < -0.4 is 4.74 Å². The zero-order valence-electron chi connectivity index (χ0n) is 13.7. The van der Waals surface area contributed by atoms with Crippen LogP contribution in [-0.4, -0.2) is 17.4 Å². The van der Waals surface area contributed by atoms with Crippen LogP contribution in [0.5, 0.6) is 5.75 Å². The van der Waals surface area contributed by atoms with Crippen LogP contribution in [0.1, 0.15) is 12.1 Å². The standard InChI is InChI=1S/C21H18FNO2/c22-20-7-4-14-23-21(20)13-10-18(24)15-25-19-11-8-17(9-12-19)16-5-2-1-3-6-16/h1-9,11-12,14H,10,13,15H2. The minimum Gasteiger partial charge on any atom is -0.486 e. The molecule has 0 aliphatic carbocycles. The van der Waals surface area contributed by atoms with Crippen molar-refractivity contribution in [2.45, 2.75) is 12.8 Å². The molecule has 3 aromatic rings. The van der Waals surface area contributed by atoms with Gasteiger partial charge in [0.05, 0.1) is 5.69 Å². The van der Waals surface area contributed by atoms with Gasteiger partial charge in [-0.2, -0.15) is 0 Å². The number of rotatable bonds is 7. The number of hydrogen-bond donors (Lipinski definition) is 0. The molecule has 0 aliphatic rings. The first-order valence-electron chi connectivity index (χ1n) is 8.12. The Kier molecular flexibility index (Phi) is 5.52. The molecule has 3 nitrogen and oxygen atoms in total. The molecule has 0 bridgehead atoms. The summed E-state index contributed by atoms with van der Waals surface area (Å²) in [6, 6.07) is 20.5. The number of benzene rings is 2. The van der Waals surface area contributed by atoms with Crippen LogP contribution in [0.15, 0.2) is 72.9 Å². The first-order chi connectivity index (χ1) is 12.2. The molecule has 3 rings (SSSR count). The number of ether oxygens (including phenoxy) is 1. The number of ketones is 1. The van der Waals surface area contributed by atoms with Crippen LogP contribution in [0.2, 0.25) is 0 Å². The number of halogens is 1. The quantitative estimate of drug-likeness (QED) is 0.639. The Morgan fingerprint density at radius 1 is 0.920 bits per heavy atom. The largest absolute Gasteiger partial charge is 0.486 e. The number of aryl methyl sites for hydroxylation is 1. The van der Waals surface area contributed by atoms with E-state index in [0.29, 0.717) is 11.4 Å². The van der Waals surface area contributed by atoms with Crippen LogP contribution in [0.25, 0.3) is 11.1 Å². The summed E-state index contributed by atoms with van der Waals surface area (Å²) in [5.41, 5.74) is 2.52. The molecule has 0 saturated carbocycles. The van der Waals surface area contributed by atoms with E-state index in [2.05, 4.69) is 4.98 Å². The lowest BCUT2D eigenvalue weighted by atomic mass is 10.1. The summed E-state index contributed by atoms with van der Waals surface area (Å²) in [5.74, 6) is 0.168. The predicted octanol–water partition coefficient (Wildman–Crippen LogP) is 4.47. The second-order valence-electron chi connectivity index (χ2n) is 5.65. The molecule has 0 amide bonds. The first kappa shape index (κ1) is 16.8. The van der Waals surface area contributed by atoms with Gasteiger partial charge in [0.1, 0.15) is 18.2 Å². The van der Waals surface area contributed by atoms with Crippen molar-refractivity contribution >= 4 is 5.78 Å². The fraction of sp³-hybridized carbons (Fsp3) is 0.143. The minimum atomic E-state index is -0.382. The van der Waals surface area contributed by atoms with E-state index >= 15 is 0 Å². The van der Waals surface area contributed by atoms with Gasteiger partial charge in [-0.1, -0.05) is 42.5 Å². The Labute approximate surface area is 146 Å². The second kappa shape index (κ2) is 8.20. The lowest BCUT2D eigenvalue weighted by Crippen LogP contribution is -2.12. The molecule has 1 aromatic heterocycles. The van der Waals surface area contributed by atoms with Gasteiger partial charge in [0.15, 0.2) is 5.78 Å². The predicted molar refractivity (Wildman–Crippen MR) is 94.9 cm³/mol. The van der Waals surface area contributed by atoms with Gasteiger partial charge in [0, 0.05) is 12.6 Å². The van der Waals surface area contributed by atoms with Gasteiger partial charge in [0.25, 0.3) is 0 Å². The smallest absolute Gasteiger partial charge is 0.170 e. The number of Topliss-reactive ketones (excluding diaryl/α,β-unsaturated/α-hetero) is 1. The van der Waals surface area contributed by atoms with Gasteiger partial charge in [-0.05, 0) is 41.8 Å². The normalized spacial score (nSPS) is 10.4. The Bertz CT molecular complexity index is 832. The Morgan fingerprint density at radius 2 is 1.64 bits per heavy atom. The summed E-state index contributed by atoms with van der Waals surface area (Å²) >= 11 is 0. The monoisotopic (exact) mass is 335 g/mol. The summed E-state index contributed by atoms with van der Waals surface area (Å²) < 4.78 is 19.0. The van der Waals surface area contributed by atoms with Crippen LogP contribution in [0, 0.1) is 5.82 Å². The van der Waals surface area contributed by atoms with E-state index in [1.165, 1.54) is 18.3 Å². The fourth-order valence-electron chi connectivity index (χ4n) is 2.47. The fourth-order valence-corrected chi connectivity index (χ4v) is 2.47. The molecule has 0 spiro atoms. The van der Waals surface area contributed by atoms with E-state index in [-0.39, 0.29) is 31.0 Å². The molecule has 2 aromatic carbocycles. The van der Waals surface area contributed by atoms with E-state index in [1.807, 2.05) is 54.6 Å². The zero-order chi connectivity index (χ0) is 17.5. The number of carbonyl (C=O) groups is 1. The molecular weight excluding hydrogens is 317 g/mol. The lowest BCUT2D eigenvalue weighted by molar-refractivity contribution is -0.121. The molecule has 4 heteroatoms. The van der Waals surface area contributed by atoms with E-state index in [1.54, 1.807) is 0 Å². The molecule has 0 unspecified atom stereocenters. The average molecular weight is 335 g/mol. The van der Waals surface area contributed by atoms with Crippen molar-refractivity contribution in [2.75, 3.05) is 6.61 Å². The maximum absolute atomic E-state index is 13.5. The number of carbonyl (C=O) groups excluding carboxylic acids is 1. The van der Waals surface area contributed by atoms with Gasteiger partial charge in [0.2, 0.25) is 0 Å². The van der Waals surface area contributed by atoms with Crippen LogP contribution in [0.3, 0.4) is 0 Å². The summed E-state index contributed by atoms with van der Waals surface area (Å²) in [6.45, 7) is -0.0286. The number of aromatic nitrogens is 1. The van der Waals surface area contributed by atoms with Crippen molar-refractivity contribution in [3.63, 3.8) is 0 Å². The SMILES string of the molecule is O=C(CCc1ncccc1F)COc1ccc(-c2ccccc2)cc1. The third kappa shape index (κ3) is 4.73. The van der Waals surface area contributed by atoms with E-state index in [9.17, 15) is 9.18 Å². The Morgan fingerprint density at radius 3 is 2.36 bits per heavy atom. The molecule has 25 heavy (non-hydrogen) atoms. The third-order valence-electron chi connectivity index (χ3n) is 3.84. The van der Waals surface area contributed by atoms with Crippen molar-refractivity contribution in [1.29, 1.82) is 0 Å². The molecule has 0 radical (unpaired) electrons. The molecule has 0 saturated heterocycles. The minimum absolute atomic E-state index is 0.0286. The van der Waals surface area contributed by atoms with Gasteiger partial charge in [-0.15, -0.1) is 0 Å². The number of hydrogen-bond acceptors (Lipinski definition) is 3. The van der Waals surface area contributed by atoms with E-state index in [0.717, 1.165) is 11.1 Å². The Hall–Kier alpha value is -3.01. The van der Waals surface area contributed by atoms with Crippen molar-refractivity contribution in [3.8, 4) is 16.9 Å². The van der Waals surface area contributed by atoms with Crippen LogP contribution >= 0.6 is 0 Å². The highest BCUT2D eigenvalue weighted by molar-refractivity contribution is 5.80. The van der Waals surface area contributed by atoms with Crippen LogP contribution in [0.4, 0.5) is 4.39 Å². The number of pyridine rings is 1. The Balaban J connectivity index is 1.50. The second-order valence-corrected chi connectivity index (χ2v) is 5.65. The van der Waals surface area contributed by atoms with Crippen molar-refractivity contribution in [1.82, 2.24) is 4.98 Å². The lowest BCUT2D eigenvalue weighted by Gasteiger charge is -2.07. The maximum Gasteiger partial charge on any atom is 0.170 e. The molecule has 0 atom stereocenters. The molecular formula is C21H18FNO2. The first-order valence-corrected chi connectivity index (χ1v) is 8.12. The van der Waals surface area contributed by atoms with E-state index < -0.39 is 0 Å². The maximum atomic E-state index is 13.5. The highest BCUT2D eigenvalue weighted by Gasteiger charge is 2.08. The summed E-state index contributed by atoms with van der Waals surface area (Å²) in [4.78, 5) is 15.9. The highest BCUT2D eigenvalue weighted by atomic mass is 19.1. The summed E-state index contributed by atoms with van der Waals surface area (Å²) in [6.07, 6.45) is 2.01. The van der Waals surface area contributed by atoms with Crippen molar-refractivity contribution in [2.24, 2.45) is 0 Å². The van der Waals surface area contributed by atoms with Gasteiger partial charge in [-0.3, -0.25) is 9.78 Å². The summed E-state index contributed by atoms with van der Waals surface area (Å²) in [5, 5.41) is 0. The van der Waals surface area contributed by atoms with Crippen molar-refractivity contribution < 1.29 is 13.9 Å². The average Bonchev–Trinajstić information content (AvgIpc) is 2.67. The van der Waals surface area contributed by atoms with Gasteiger partial charge < -0.3 is 4.74 Å². The topological polar surface area (TPSA) is 39.2 Å². The highest BCUT2D eigenvalue weighted by Crippen LogP contribution is 2.22. The van der Waals surface area contributed by atoms with Gasteiger partial charge in [-0.25, -0.2) is 4.39 Å². The van der Waals surface area contributed by atoms with Gasteiger partial charge >= 0.3 is 0 Å². The summed E-state index contributed by atoms with van der Waals surface area (Å²) in [7, 11) is 0. The number of nitrogens with zero attached hydrogens (tertiary/aromatic N) is 1. The van der Waals surface area contributed by atoms with E-state index in [4.69, 9.17) is 4.74 Å². The third-order valence-corrected chi connectivity index (χ3v) is 3.84. The van der Waals surface area contributed by atoms with Crippen molar-refractivity contribution in [3.05, 3.63) is 84.4 Å². The zero-order valence-corrected chi connectivity index (χ0v) is 13.7. The molecule has 0 N–H and O–H groups in total.